The van der Waals surface area contributed by atoms with E-state index in [2.05, 4.69) is 34.2 Å². The molecule has 3 N–H and O–H groups in total. The molecule has 0 saturated carbocycles. The first-order chi connectivity index (χ1) is 11.2. The van der Waals surface area contributed by atoms with Gasteiger partial charge in [-0.2, -0.15) is 0 Å². The molecule has 0 radical (unpaired) electrons. The summed E-state index contributed by atoms with van der Waals surface area (Å²) >= 11 is 0. The van der Waals surface area contributed by atoms with E-state index in [1.807, 2.05) is 38.1 Å². The Balaban J connectivity index is 2.56. The minimum Gasteiger partial charge on any atom is -0.356 e. The van der Waals surface area contributed by atoms with Gasteiger partial charge in [0.2, 0.25) is 10.0 Å². The Bertz CT molecular complexity index is 622. The van der Waals surface area contributed by atoms with E-state index in [-0.39, 0.29) is 11.8 Å². The zero-order chi connectivity index (χ0) is 18.2. The molecule has 0 unspecified atom stereocenters. The molecular formula is C17H30N4O2S. The molecule has 0 aromatic heterocycles. The Kier molecular flexibility index (Phi) is 8.21. The van der Waals surface area contributed by atoms with Crippen molar-refractivity contribution >= 4 is 16.0 Å². The molecule has 0 aliphatic heterocycles. The zero-order valence-electron chi connectivity index (χ0n) is 15.3. The van der Waals surface area contributed by atoms with Crippen molar-refractivity contribution in [2.45, 2.75) is 46.0 Å². The van der Waals surface area contributed by atoms with Crippen LogP contribution in [-0.2, 0) is 22.3 Å². The van der Waals surface area contributed by atoms with Crippen LogP contribution in [0.4, 0.5) is 0 Å². The molecule has 0 fully saturated rings. The van der Waals surface area contributed by atoms with Crippen molar-refractivity contribution < 1.29 is 8.42 Å². The lowest BCUT2D eigenvalue weighted by molar-refractivity contribution is 0.569. The van der Waals surface area contributed by atoms with Crippen LogP contribution < -0.4 is 15.4 Å². The van der Waals surface area contributed by atoms with Crippen molar-refractivity contribution in [2.24, 2.45) is 10.9 Å². The normalized spacial score (nSPS) is 12.7. The maximum Gasteiger partial charge on any atom is 0.216 e. The second kappa shape index (κ2) is 9.64. The SMILES string of the molecule is CN=C(NCc1ccc(CS(=O)(=O)NC(C)C)cc1)NCC(C)C. The van der Waals surface area contributed by atoms with Gasteiger partial charge < -0.3 is 10.6 Å². The minimum absolute atomic E-state index is 0.00347. The van der Waals surface area contributed by atoms with Gasteiger partial charge >= 0.3 is 0 Å². The van der Waals surface area contributed by atoms with Crippen molar-refractivity contribution in [1.82, 2.24) is 15.4 Å². The van der Waals surface area contributed by atoms with Crippen molar-refractivity contribution in [3.8, 4) is 0 Å². The van der Waals surface area contributed by atoms with E-state index in [1.165, 1.54) is 0 Å². The van der Waals surface area contributed by atoms with E-state index >= 15 is 0 Å². The van der Waals surface area contributed by atoms with Gasteiger partial charge in [-0.1, -0.05) is 38.1 Å². The number of hydrogen-bond donors (Lipinski definition) is 3. The third-order valence-corrected chi connectivity index (χ3v) is 4.70. The summed E-state index contributed by atoms with van der Waals surface area (Å²) in [7, 11) is -1.55. The Labute approximate surface area is 146 Å². The monoisotopic (exact) mass is 354 g/mol. The second-order valence-electron chi connectivity index (χ2n) is 6.55. The number of rotatable bonds is 8. The van der Waals surface area contributed by atoms with Crippen molar-refractivity contribution in [1.29, 1.82) is 0 Å². The van der Waals surface area contributed by atoms with Crippen LogP contribution in [0.2, 0.25) is 0 Å². The van der Waals surface area contributed by atoms with E-state index in [1.54, 1.807) is 7.05 Å². The lowest BCUT2D eigenvalue weighted by Gasteiger charge is -2.14. The predicted octanol–water partition coefficient (Wildman–Crippen LogP) is 1.84. The lowest BCUT2D eigenvalue weighted by atomic mass is 10.1. The van der Waals surface area contributed by atoms with Gasteiger partial charge in [0.25, 0.3) is 0 Å². The van der Waals surface area contributed by atoms with Crippen LogP contribution in [0.3, 0.4) is 0 Å². The predicted molar refractivity (Wildman–Crippen MR) is 100 cm³/mol. The van der Waals surface area contributed by atoms with Crippen LogP contribution in [0.25, 0.3) is 0 Å². The maximum absolute atomic E-state index is 11.9. The van der Waals surface area contributed by atoms with E-state index in [4.69, 9.17) is 0 Å². The van der Waals surface area contributed by atoms with Gasteiger partial charge in [-0.05, 0) is 30.9 Å². The fourth-order valence-electron chi connectivity index (χ4n) is 2.08. The number of sulfonamides is 1. The molecule has 0 atom stereocenters. The topological polar surface area (TPSA) is 82.6 Å². The molecule has 1 aromatic carbocycles. The largest absolute Gasteiger partial charge is 0.356 e. The van der Waals surface area contributed by atoms with E-state index < -0.39 is 10.0 Å². The molecule has 0 aliphatic rings. The maximum atomic E-state index is 11.9. The third kappa shape index (κ3) is 8.31. The van der Waals surface area contributed by atoms with Crippen LogP contribution in [0.1, 0.15) is 38.8 Å². The fraction of sp³-hybridized carbons (Fsp3) is 0.588. The Morgan fingerprint density at radius 1 is 1.04 bits per heavy atom. The van der Waals surface area contributed by atoms with E-state index in [0.717, 1.165) is 23.6 Å². The molecule has 0 aliphatic carbocycles. The molecular weight excluding hydrogens is 324 g/mol. The second-order valence-corrected chi connectivity index (χ2v) is 8.30. The van der Waals surface area contributed by atoms with Gasteiger partial charge in [0.1, 0.15) is 0 Å². The van der Waals surface area contributed by atoms with Crippen LogP contribution in [0, 0.1) is 5.92 Å². The van der Waals surface area contributed by atoms with Gasteiger partial charge in [-0.25, -0.2) is 13.1 Å². The molecule has 0 heterocycles. The summed E-state index contributed by atoms with van der Waals surface area (Å²) in [6, 6.07) is 7.47. The average molecular weight is 355 g/mol. The molecule has 1 rings (SSSR count). The summed E-state index contributed by atoms with van der Waals surface area (Å²) in [6.07, 6.45) is 0. The van der Waals surface area contributed by atoms with E-state index in [0.29, 0.717) is 12.5 Å². The number of hydrogen-bond acceptors (Lipinski definition) is 3. The number of guanidine groups is 1. The Morgan fingerprint density at radius 2 is 1.62 bits per heavy atom. The van der Waals surface area contributed by atoms with Crippen molar-refractivity contribution in [2.75, 3.05) is 13.6 Å². The highest BCUT2D eigenvalue weighted by Gasteiger charge is 2.12. The van der Waals surface area contributed by atoms with Gasteiger partial charge in [-0.3, -0.25) is 4.99 Å². The van der Waals surface area contributed by atoms with Crippen molar-refractivity contribution in [3.63, 3.8) is 0 Å². The Hall–Kier alpha value is -1.60. The van der Waals surface area contributed by atoms with Crippen molar-refractivity contribution in [3.05, 3.63) is 35.4 Å². The zero-order valence-corrected chi connectivity index (χ0v) is 16.1. The number of aliphatic imine (C=N–C) groups is 1. The molecule has 0 amide bonds. The van der Waals surface area contributed by atoms with Gasteiger partial charge in [0.15, 0.2) is 5.96 Å². The number of nitrogens with one attached hydrogen (secondary N) is 3. The smallest absolute Gasteiger partial charge is 0.216 e. The van der Waals surface area contributed by atoms with E-state index in [9.17, 15) is 8.42 Å². The number of benzene rings is 1. The molecule has 24 heavy (non-hydrogen) atoms. The summed E-state index contributed by atoms with van der Waals surface area (Å²) in [5.41, 5.74) is 1.84. The highest BCUT2D eigenvalue weighted by atomic mass is 32.2. The highest BCUT2D eigenvalue weighted by molar-refractivity contribution is 7.88. The number of nitrogens with zero attached hydrogens (tertiary/aromatic N) is 1. The fourth-order valence-corrected chi connectivity index (χ4v) is 3.51. The Morgan fingerprint density at radius 3 is 2.12 bits per heavy atom. The standard InChI is InChI=1S/C17H30N4O2S/c1-13(2)10-19-17(18-5)20-11-15-6-8-16(9-7-15)12-24(22,23)21-14(3)4/h6-9,13-14,21H,10-12H2,1-5H3,(H2,18,19,20). The summed E-state index contributed by atoms with van der Waals surface area (Å²) in [4.78, 5) is 4.18. The lowest BCUT2D eigenvalue weighted by Crippen LogP contribution is -2.38. The summed E-state index contributed by atoms with van der Waals surface area (Å²) < 4.78 is 26.4. The molecule has 136 valence electrons. The summed E-state index contributed by atoms with van der Waals surface area (Å²) in [5, 5.41) is 6.49. The molecule has 7 heteroatoms. The first-order valence-corrected chi connectivity index (χ1v) is 9.89. The third-order valence-electron chi connectivity index (χ3n) is 3.16. The van der Waals surface area contributed by atoms with Crippen LogP contribution >= 0.6 is 0 Å². The first-order valence-electron chi connectivity index (χ1n) is 8.24. The first kappa shape index (κ1) is 20.4. The van der Waals surface area contributed by atoms with Gasteiger partial charge in [0.05, 0.1) is 5.75 Å². The summed E-state index contributed by atoms with van der Waals surface area (Å²) in [5.74, 6) is 1.30. The molecule has 0 spiro atoms. The molecule has 0 saturated heterocycles. The van der Waals surface area contributed by atoms with Crippen LogP contribution in [0.15, 0.2) is 29.3 Å². The molecule has 0 bridgehead atoms. The average Bonchev–Trinajstić information content (AvgIpc) is 2.47. The van der Waals surface area contributed by atoms with Gasteiger partial charge in [-0.15, -0.1) is 0 Å². The molecule has 6 nitrogen and oxygen atoms in total. The highest BCUT2D eigenvalue weighted by Crippen LogP contribution is 2.08. The summed E-state index contributed by atoms with van der Waals surface area (Å²) in [6.45, 7) is 9.40. The molecule has 1 aromatic rings. The minimum atomic E-state index is -3.29. The van der Waals surface area contributed by atoms with Crippen LogP contribution in [0.5, 0.6) is 0 Å². The van der Waals surface area contributed by atoms with Crippen LogP contribution in [-0.4, -0.2) is 34.0 Å². The quantitative estimate of drug-likeness (QED) is 0.491. The van der Waals surface area contributed by atoms with Gasteiger partial charge in [0, 0.05) is 26.2 Å².